The average molecular weight is 439 g/mol. The van der Waals surface area contributed by atoms with E-state index in [0.717, 1.165) is 0 Å². The lowest BCUT2D eigenvalue weighted by atomic mass is 10.0. The Hall–Kier alpha value is -4.46. The number of para-hydroxylation sites is 1. The van der Waals surface area contributed by atoms with Crippen molar-refractivity contribution in [1.29, 1.82) is 0 Å². The van der Waals surface area contributed by atoms with Crippen LogP contribution in [0.3, 0.4) is 0 Å². The van der Waals surface area contributed by atoms with Gasteiger partial charge >= 0.3 is 0 Å². The topological polar surface area (TPSA) is 89.2 Å². The van der Waals surface area contributed by atoms with Crippen molar-refractivity contribution in [3.63, 3.8) is 0 Å². The Kier molecular flexibility index (Phi) is 5.10. The maximum absolute atomic E-state index is 13.6. The maximum Gasteiger partial charge on any atom is 0.277 e. The second kappa shape index (κ2) is 8.23. The number of rotatable bonds is 4. The third kappa shape index (κ3) is 3.51. The van der Waals surface area contributed by atoms with Gasteiger partial charge in [0.25, 0.3) is 17.4 Å². The van der Waals surface area contributed by atoms with Crippen molar-refractivity contribution in [2.75, 3.05) is 18.5 Å². The van der Waals surface area contributed by atoms with E-state index in [1.807, 2.05) is 54.6 Å². The highest BCUT2D eigenvalue weighted by atomic mass is 16.2. The van der Waals surface area contributed by atoms with Gasteiger partial charge in [-0.3, -0.25) is 19.0 Å². The molecule has 4 aromatic rings. The first-order valence-corrected chi connectivity index (χ1v) is 10.6. The van der Waals surface area contributed by atoms with Crippen LogP contribution in [0.25, 0.3) is 11.4 Å². The van der Waals surface area contributed by atoms with Gasteiger partial charge in [0.05, 0.1) is 5.69 Å². The van der Waals surface area contributed by atoms with Crippen LogP contribution in [-0.4, -0.2) is 39.8 Å². The summed E-state index contributed by atoms with van der Waals surface area (Å²) in [6.45, 7) is 0.418. The quantitative estimate of drug-likeness (QED) is 0.529. The fourth-order valence-electron chi connectivity index (χ4n) is 4.10. The lowest BCUT2D eigenvalue weighted by Crippen LogP contribution is -2.39. The molecule has 164 valence electrons. The first-order valence-electron chi connectivity index (χ1n) is 10.6. The monoisotopic (exact) mass is 439 g/mol. The lowest BCUT2D eigenvalue weighted by Gasteiger charge is -2.28. The number of nitrogens with one attached hydrogen (secondary N) is 1. The zero-order valence-electron chi connectivity index (χ0n) is 17.9. The number of amides is 2. The smallest absolute Gasteiger partial charge is 0.277 e. The molecular weight excluding hydrogens is 418 g/mol. The van der Waals surface area contributed by atoms with Gasteiger partial charge in [-0.2, -0.15) is 5.10 Å². The van der Waals surface area contributed by atoms with Crippen molar-refractivity contribution in [2.45, 2.75) is 6.42 Å². The van der Waals surface area contributed by atoms with Gasteiger partial charge in [-0.15, -0.1) is 0 Å². The number of carbonyl (C=O) groups is 2. The van der Waals surface area contributed by atoms with E-state index in [9.17, 15) is 14.4 Å². The number of pyridine rings is 1. The molecule has 0 fully saturated rings. The molecule has 8 heteroatoms. The molecule has 1 aliphatic heterocycles. The summed E-state index contributed by atoms with van der Waals surface area (Å²) < 4.78 is 3.09. The van der Waals surface area contributed by atoms with Crippen LogP contribution < -0.4 is 15.8 Å². The SMILES string of the molecule is CNC(=O)c1nn(-c2ccccc2)c2c1CCN(c1ccc(-n3ccccc3=O)cc1)C2=O. The van der Waals surface area contributed by atoms with E-state index in [0.29, 0.717) is 41.3 Å². The largest absolute Gasteiger partial charge is 0.354 e. The summed E-state index contributed by atoms with van der Waals surface area (Å²) in [7, 11) is 1.55. The number of fused-ring (bicyclic) bond motifs is 1. The summed E-state index contributed by atoms with van der Waals surface area (Å²) in [6, 6.07) is 21.5. The van der Waals surface area contributed by atoms with Gasteiger partial charge in [0.2, 0.25) is 0 Å². The highest BCUT2D eigenvalue weighted by Gasteiger charge is 2.34. The predicted molar refractivity (Wildman–Crippen MR) is 124 cm³/mol. The van der Waals surface area contributed by atoms with E-state index in [2.05, 4.69) is 10.4 Å². The minimum absolute atomic E-state index is 0.127. The van der Waals surface area contributed by atoms with Crippen LogP contribution in [0.15, 0.2) is 83.8 Å². The van der Waals surface area contributed by atoms with Gasteiger partial charge in [0, 0.05) is 42.8 Å². The van der Waals surface area contributed by atoms with Crippen molar-refractivity contribution in [3.8, 4) is 11.4 Å². The Morgan fingerprint density at radius 3 is 2.27 bits per heavy atom. The first-order chi connectivity index (χ1) is 16.1. The highest BCUT2D eigenvalue weighted by molar-refractivity contribution is 6.09. The Morgan fingerprint density at radius 2 is 1.58 bits per heavy atom. The Morgan fingerprint density at radius 1 is 0.879 bits per heavy atom. The summed E-state index contributed by atoms with van der Waals surface area (Å²) >= 11 is 0. The Bertz CT molecular complexity index is 1400. The number of benzene rings is 2. The molecule has 2 amide bonds. The number of nitrogens with zero attached hydrogens (tertiary/aromatic N) is 4. The van der Waals surface area contributed by atoms with Crippen LogP contribution in [0.2, 0.25) is 0 Å². The van der Waals surface area contributed by atoms with Gasteiger partial charge in [0.15, 0.2) is 5.69 Å². The van der Waals surface area contributed by atoms with E-state index in [4.69, 9.17) is 0 Å². The molecule has 0 saturated carbocycles. The molecule has 2 aromatic carbocycles. The van der Waals surface area contributed by atoms with E-state index >= 15 is 0 Å². The van der Waals surface area contributed by atoms with Crippen molar-refractivity contribution >= 4 is 17.5 Å². The van der Waals surface area contributed by atoms with Crippen molar-refractivity contribution in [2.24, 2.45) is 0 Å². The molecule has 3 heterocycles. The molecule has 1 aliphatic rings. The van der Waals surface area contributed by atoms with Gasteiger partial charge in [-0.25, -0.2) is 4.68 Å². The molecule has 33 heavy (non-hydrogen) atoms. The molecule has 0 bridgehead atoms. The fraction of sp³-hybridized carbons (Fsp3) is 0.120. The first kappa shape index (κ1) is 20.4. The molecule has 1 N–H and O–H groups in total. The minimum atomic E-state index is -0.320. The van der Waals surface area contributed by atoms with E-state index in [-0.39, 0.29) is 23.1 Å². The van der Waals surface area contributed by atoms with Crippen LogP contribution in [0.5, 0.6) is 0 Å². The zero-order valence-corrected chi connectivity index (χ0v) is 17.9. The summed E-state index contributed by atoms with van der Waals surface area (Å²) in [6.07, 6.45) is 2.20. The highest BCUT2D eigenvalue weighted by Crippen LogP contribution is 2.29. The molecule has 0 radical (unpaired) electrons. The van der Waals surface area contributed by atoms with Crippen LogP contribution in [-0.2, 0) is 6.42 Å². The average Bonchev–Trinajstić information content (AvgIpc) is 3.25. The Labute approximate surface area is 189 Å². The number of aromatic nitrogens is 3. The third-order valence-electron chi connectivity index (χ3n) is 5.72. The van der Waals surface area contributed by atoms with E-state index in [1.165, 1.54) is 6.07 Å². The maximum atomic E-state index is 13.6. The van der Waals surface area contributed by atoms with E-state index in [1.54, 1.807) is 39.5 Å². The zero-order chi connectivity index (χ0) is 22.9. The lowest BCUT2D eigenvalue weighted by molar-refractivity contribution is 0.0956. The number of hydrogen-bond donors (Lipinski definition) is 1. The summed E-state index contributed by atoms with van der Waals surface area (Å²) in [4.78, 5) is 39.9. The van der Waals surface area contributed by atoms with Crippen LogP contribution >= 0.6 is 0 Å². The van der Waals surface area contributed by atoms with Crippen LogP contribution in [0.1, 0.15) is 26.5 Å². The van der Waals surface area contributed by atoms with E-state index < -0.39 is 0 Å². The summed E-state index contributed by atoms with van der Waals surface area (Å²) in [5.74, 6) is -0.549. The number of carbonyl (C=O) groups excluding carboxylic acids is 2. The van der Waals surface area contributed by atoms with Gasteiger partial charge in [-0.1, -0.05) is 24.3 Å². The van der Waals surface area contributed by atoms with Crippen LogP contribution in [0, 0.1) is 0 Å². The second-order valence-corrected chi connectivity index (χ2v) is 7.63. The Balaban J connectivity index is 1.55. The molecular formula is C25H21N5O3. The number of anilines is 1. The second-order valence-electron chi connectivity index (χ2n) is 7.63. The molecule has 0 unspecified atom stereocenters. The number of hydrogen-bond acceptors (Lipinski definition) is 4. The van der Waals surface area contributed by atoms with Crippen molar-refractivity contribution in [3.05, 3.63) is 106 Å². The molecule has 0 spiro atoms. The molecule has 5 rings (SSSR count). The molecule has 0 aliphatic carbocycles. The third-order valence-corrected chi connectivity index (χ3v) is 5.72. The van der Waals surface area contributed by atoms with Crippen LogP contribution in [0.4, 0.5) is 5.69 Å². The molecule has 0 saturated heterocycles. The summed E-state index contributed by atoms with van der Waals surface area (Å²) in [5, 5.41) is 7.11. The minimum Gasteiger partial charge on any atom is -0.354 e. The van der Waals surface area contributed by atoms with Gasteiger partial charge in [0.1, 0.15) is 5.69 Å². The van der Waals surface area contributed by atoms with Crippen molar-refractivity contribution in [1.82, 2.24) is 19.7 Å². The molecule has 8 nitrogen and oxygen atoms in total. The fourth-order valence-corrected chi connectivity index (χ4v) is 4.10. The standard InChI is InChI=1S/C25H21N5O3/c1-26-24(32)22-20-14-16-29(25(33)23(20)30(27-22)19-7-3-2-4-8-19)18-12-10-17(11-13-18)28-15-6-5-9-21(28)31/h2-13,15H,14,16H2,1H3,(H,26,32). The predicted octanol–water partition coefficient (Wildman–Crippen LogP) is 2.59. The van der Waals surface area contributed by atoms with Gasteiger partial charge in [-0.05, 0) is 48.9 Å². The normalized spacial score (nSPS) is 13.0. The molecule has 2 aromatic heterocycles. The van der Waals surface area contributed by atoms with Crippen molar-refractivity contribution < 1.29 is 9.59 Å². The molecule has 0 atom stereocenters. The van der Waals surface area contributed by atoms with Gasteiger partial charge < -0.3 is 10.2 Å². The summed E-state index contributed by atoms with van der Waals surface area (Å²) in [5.41, 5.74) is 3.30.